The Morgan fingerprint density at radius 1 is 1.24 bits per heavy atom. The van der Waals surface area contributed by atoms with Gasteiger partial charge >= 0.3 is 5.97 Å². The fourth-order valence-electron chi connectivity index (χ4n) is 2.30. The number of halogens is 1. The maximum atomic E-state index is 12.4. The molecule has 25 heavy (non-hydrogen) atoms. The first-order valence-electron chi connectivity index (χ1n) is 7.70. The van der Waals surface area contributed by atoms with Crippen LogP contribution < -0.4 is 4.74 Å². The minimum Gasteiger partial charge on any atom is -0.497 e. The molecule has 5 nitrogen and oxygen atoms in total. The molecular weight excluding hydrogens is 342 g/mol. The van der Waals surface area contributed by atoms with Crippen molar-refractivity contribution in [1.82, 2.24) is 4.98 Å². The summed E-state index contributed by atoms with van der Waals surface area (Å²) in [4.78, 5) is 16.7. The van der Waals surface area contributed by atoms with Gasteiger partial charge in [-0.15, -0.1) is 0 Å². The van der Waals surface area contributed by atoms with Gasteiger partial charge < -0.3 is 13.9 Å². The van der Waals surface area contributed by atoms with Crippen LogP contribution in [0.2, 0.25) is 5.02 Å². The second kappa shape index (κ2) is 7.40. The molecule has 3 aromatic rings. The van der Waals surface area contributed by atoms with Gasteiger partial charge in [0.25, 0.3) is 0 Å². The first-order valence-corrected chi connectivity index (χ1v) is 8.08. The predicted octanol–water partition coefficient (Wildman–Crippen LogP) is 4.59. The summed E-state index contributed by atoms with van der Waals surface area (Å²) in [5.41, 5.74) is 2.15. The molecule has 0 saturated carbocycles. The number of oxazole rings is 1. The van der Waals surface area contributed by atoms with Crippen LogP contribution in [0.1, 0.15) is 18.4 Å². The smallest absolute Gasteiger partial charge is 0.343 e. The van der Waals surface area contributed by atoms with Crippen LogP contribution in [0.3, 0.4) is 0 Å². The lowest BCUT2D eigenvalue weighted by atomic mass is 10.1. The molecule has 1 heterocycles. The zero-order chi connectivity index (χ0) is 17.8. The van der Waals surface area contributed by atoms with Crippen LogP contribution in [0, 0.1) is 0 Å². The maximum Gasteiger partial charge on any atom is 0.343 e. The molecule has 0 bridgehead atoms. The molecule has 0 spiro atoms. The number of methoxy groups -OCH3 is 1. The molecule has 0 atom stereocenters. The van der Waals surface area contributed by atoms with Crippen molar-refractivity contribution in [3.8, 4) is 5.75 Å². The Morgan fingerprint density at radius 3 is 2.68 bits per heavy atom. The van der Waals surface area contributed by atoms with E-state index in [0.29, 0.717) is 16.1 Å². The van der Waals surface area contributed by atoms with E-state index in [0.717, 1.165) is 11.3 Å². The third kappa shape index (κ3) is 3.83. The number of rotatable bonds is 5. The summed E-state index contributed by atoms with van der Waals surface area (Å²) >= 11 is 5.98. The fourth-order valence-corrected chi connectivity index (χ4v) is 2.47. The minimum absolute atomic E-state index is 0.187. The second-order valence-electron chi connectivity index (χ2n) is 5.18. The van der Waals surface area contributed by atoms with Crippen molar-refractivity contribution in [2.75, 3.05) is 13.7 Å². The molecule has 128 valence electrons. The SMILES string of the molecule is CCOC(=O)/C(=C\c1ccc(OC)cc1)c1nc2cc(Cl)ccc2o1. The summed E-state index contributed by atoms with van der Waals surface area (Å²) in [7, 11) is 1.60. The second-order valence-corrected chi connectivity index (χ2v) is 5.62. The number of fused-ring (bicyclic) bond motifs is 1. The lowest BCUT2D eigenvalue weighted by Gasteiger charge is -2.04. The highest BCUT2D eigenvalue weighted by Crippen LogP contribution is 2.26. The average molecular weight is 358 g/mol. The largest absolute Gasteiger partial charge is 0.497 e. The number of hydrogen-bond donors (Lipinski definition) is 0. The number of ether oxygens (including phenoxy) is 2. The van der Waals surface area contributed by atoms with Crippen LogP contribution in [-0.4, -0.2) is 24.7 Å². The summed E-state index contributed by atoms with van der Waals surface area (Å²) in [5, 5.41) is 0.546. The Bertz CT molecular complexity index is 928. The van der Waals surface area contributed by atoms with E-state index in [1.54, 1.807) is 50.4 Å². The van der Waals surface area contributed by atoms with Crippen LogP contribution >= 0.6 is 11.6 Å². The van der Waals surface area contributed by atoms with Gasteiger partial charge in [-0.1, -0.05) is 23.7 Å². The van der Waals surface area contributed by atoms with Gasteiger partial charge in [0.05, 0.1) is 13.7 Å². The lowest BCUT2D eigenvalue weighted by Crippen LogP contribution is -2.07. The third-order valence-electron chi connectivity index (χ3n) is 3.50. The topological polar surface area (TPSA) is 61.6 Å². The average Bonchev–Trinajstić information content (AvgIpc) is 3.03. The van der Waals surface area contributed by atoms with Crippen LogP contribution in [0.25, 0.3) is 22.7 Å². The van der Waals surface area contributed by atoms with Crippen LogP contribution in [0.15, 0.2) is 46.9 Å². The van der Waals surface area contributed by atoms with Crippen LogP contribution in [0.5, 0.6) is 5.75 Å². The molecule has 2 aromatic carbocycles. The number of aromatic nitrogens is 1. The van der Waals surface area contributed by atoms with Crippen molar-refractivity contribution in [2.24, 2.45) is 0 Å². The molecule has 0 radical (unpaired) electrons. The molecule has 0 saturated heterocycles. The van der Waals surface area contributed by atoms with E-state index in [1.165, 1.54) is 0 Å². The van der Waals surface area contributed by atoms with Crippen molar-refractivity contribution < 1.29 is 18.7 Å². The van der Waals surface area contributed by atoms with Gasteiger partial charge in [-0.05, 0) is 48.9 Å². The Morgan fingerprint density at radius 2 is 2.00 bits per heavy atom. The summed E-state index contributed by atoms with van der Waals surface area (Å²) in [6, 6.07) is 12.4. The van der Waals surface area contributed by atoms with Gasteiger partial charge in [0, 0.05) is 5.02 Å². The van der Waals surface area contributed by atoms with E-state index in [1.807, 2.05) is 12.1 Å². The third-order valence-corrected chi connectivity index (χ3v) is 3.74. The van der Waals surface area contributed by atoms with Crippen molar-refractivity contribution in [2.45, 2.75) is 6.92 Å². The van der Waals surface area contributed by atoms with E-state index >= 15 is 0 Å². The van der Waals surface area contributed by atoms with Gasteiger partial charge in [-0.2, -0.15) is 0 Å². The molecule has 0 amide bonds. The predicted molar refractivity (Wildman–Crippen MR) is 96.5 cm³/mol. The molecule has 0 fully saturated rings. The maximum absolute atomic E-state index is 12.4. The van der Waals surface area contributed by atoms with Crippen LogP contribution in [-0.2, 0) is 9.53 Å². The van der Waals surface area contributed by atoms with Gasteiger partial charge in [-0.25, -0.2) is 9.78 Å². The number of benzene rings is 2. The van der Waals surface area contributed by atoms with Crippen molar-refractivity contribution in [1.29, 1.82) is 0 Å². The molecule has 3 rings (SSSR count). The quantitative estimate of drug-likeness (QED) is 0.493. The number of hydrogen-bond acceptors (Lipinski definition) is 5. The molecule has 0 unspecified atom stereocenters. The van der Waals surface area contributed by atoms with E-state index in [2.05, 4.69) is 4.98 Å². The molecule has 0 aliphatic carbocycles. The number of carbonyl (C=O) groups is 1. The minimum atomic E-state index is -0.504. The first kappa shape index (κ1) is 17.0. The highest BCUT2D eigenvalue weighted by Gasteiger charge is 2.20. The first-order chi connectivity index (χ1) is 12.1. The number of carbonyl (C=O) groups excluding carboxylic acids is 1. The monoisotopic (exact) mass is 357 g/mol. The fraction of sp³-hybridized carbons (Fsp3) is 0.158. The molecule has 1 aromatic heterocycles. The summed E-state index contributed by atoms with van der Waals surface area (Å²) in [5.74, 6) is 0.411. The highest BCUT2D eigenvalue weighted by atomic mass is 35.5. The van der Waals surface area contributed by atoms with E-state index in [-0.39, 0.29) is 18.1 Å². The number of esters is 1. The Kier molecular flexibility index (Phi) is 5.05. The van der Waals surface area contributed by atoms with Crippen molar-refractivity contribution in [3.63, 3.8) is 0 Å². The van der Waals surface area contributed by atoms with Gasteiger partial charge in [0.2, 0.25) is 5.89 Å². The Hall–Kier alpha value is -2.79. The van der Waals surface area contributed by atoms with Gasteiger partial charge in [-0.3, -0.25) is 0 Å². The zero-order valence-corrected chi connectivity index (χ0v) is 14.5. The summed E-state index contributed by atoms with van der Waals surface area (Å²) in [6.07, 6.45) is 1.67. The number of nitrogens with zero attached hydrogens (tertiary/aromatic N) is 1. The standard InChI is InChI=1S/C19H16ClNO4/c1-3-24-19(22)15(10-12-4-7-14(23-2)8-5-12)18-21-16-11-13(20)6-9-17(16)25-18/h4-11H,3H2,1-2H3/b15-10-. The molecule has 0 aliphatic rings. The normalized spacial score (nSPS) is 11.6. The van der Waals surface area contributed by atoms with E-state index in [9.17, 15) is 4.79 Å². The van der Waals surface area contributed by atoms with Crippen molar-refractivity contribution >= 4 is 40.3 Å². The van der Waals surface area contributed by atoms with Crippen LogP contribution in [0.4, 0.5) is 0 Å². The molecular formula is C19H16ClNO4. The van der Waals surface area contributed by atoms with Gasteiger partial charge in [0.15, 0.2) is 5.58 Å². The van der Waals surface area contributed by atoms with E-state index in [4.69, 9.17) is 25.5 Å². The molecule has 6 heteroatoms. The highest BCUT2D eigenvalue weighted by molar-refractivity contribution is 6.31. The molecule has 0 N–H and O–H groups in total. The summed E-state index contributed by atoms with van der Waals surface area (Å²) in [6.45, 7) is 2.00. The zero-order valence-electron chi connectivity index (χ0n) is 13.8. The lowest BCUT2D eigenvalue weighted by molar-refractivity contribution is -0.136. The van der Waals surface area contributed by atoms with Gasteiger partial charge in [0.1, 0.15) is 16.8 Å². The Balaban J connectivity index is 2.06. The van der Waals surface area contributed by atoms with E-state index < -0.39 is 5.97 Å². The Labute approximate surface area is 149 Å². The molecule has 0 aliphatic heterocycles. The summed E-state index contributed by atoms with van der Waals surface area (Å²) < 4.78 is 16.0. The van der Waals surface area contributed by atoms with Crippen molar-refractivity contribution in [3.05, 3.63) is 58.9 Å².